The normalized spacial score (nSPS) is 10.4. The van der Waals surface area contributed by atoms with Gasteiger partial charge in [0.15, 0.2) is 5.69 Å². The number of rotatable bonds is 5. The number of nitrogens with zero attached hydrogens (tertiary/aromatic N) is 2. The van der Waals surface area contributed by atoms with Gasteiger partial charge in [0.25, 0.3) is 11.8 Å². The molecule has 2 N–H and O–H groups in total. The molecule has 6 nitrogen and oxygen atoms in total. The van der Waals surface area contributed by atoms with Crippen LogP contribution in [0.2, 0.25) is 0 Å². The summed E-state index contributed by atoms with van der Waals surface area (Å²) in [6.45, 7) is 2.39. The Balaban J connectivity index is 1.84. The lowest BCUT2D eigenvalue weighted by Gasteiger charge is -2.06. The van der Waals surface area contributed by atoms with Crippen LogP contribution in [0.25, 0.3) is 0 Å². The fraction of sp³-hybridized carbons (Fsp3) is 0.105. The Morgan fingerprint density at radius 1 is 1.04 bits per heavy atom. The monoisotopic (exact) mass is 352 g/mol. The predicted octanol–water partition coefficient (Wildman–Crippen LogP) is 3.55. The number of para-hydroxylation sites is 1. The molecule has 0 fully saturated rings. The first-order chi connectivity index (χ1) is 12.6. The van der Waals surface area contributed by atoms with E-state index in [9.17, 15) is 14.0 Å². The second kappa shape index (κ2) is 7.60. The number of amides is 2. The number of hydrogen-bond donors (Lipinski definition) is 2. The summed E-state index contributed by atoms with van der Waals surface area (Å²) >= 11 is 0. The fourth-order valence-corrected chi connectivity index (χ4v) is 2.38. The summed E-state index contributed by atoms with van der Waals surface area (Å²) in [6, 6.07) is 14.3. The SMILES string of the molecule is CCn1cc(NC(=O)c2cccc(F)c2)c(C(=O)Nc2ccccc2)n1. The van der Waals surface area contributed by atoms with Gasteiger partial charge >= 0.3 is 0 Å². The van der Waals surface area contributed by atoms with Crippen molar-refractivity contribution in [2.75, 3.05) is 10.6 Å². The third kappa shape index (κ3) is 3.94. The van der Waals surface area contributed by atoms with E-state index < -0.39 is 17.6 Å². The van der Waals surface area contributed by atoms with Crippen molar-refractivity contribution in [3.05, 3.63) is 77.9 Å². The molecule has 0 unspecified atom stereocenters. The molecule has 26 heavy (non-hydrogen) atoms. The van der Waals surface area contributed by atoms with Crippen LogP contribution in [-0.2, 0) is 6.54 Å². The molecule has 0 aliphatic heterocycles. The van der Waals surface area contributed by atoms with Crippen LogP contribution in [0.4, 0.5) is 15.8 Å². The summed E-state index contributed by atoms with van der Waals surface area (Å²) in [6.07, 6.45) is 1.57. The number of halogens is 1. The van der Waals surface area contributed by atoms with Crippen molar-refractivity contribution in [2.45, 2.75) is 13.5 Å². The number of nitrogens with one attached hydrogen (secondary N) is 2. The van der Waals surface area contributed by atoms with Crippen molar-refractivity contribution in [1.29, 1.82) is 0 Å². The highest BCUT2D eigenvalue weighted by Gasteiger charge is 2.19. The topological polar surface area (TPSA) is 76.0 Å². The summed E-state index contributed by atoms with van der Waals surface area (Å²) in [5.74, 6) is -1.48. The summed E-state index contributed by atoms with van der Waals surface area (Å²) < 4.78 is 14.9. The maximum absolute atomic E-state index is 13.3. The molecule has 2 aromatic carbocycles. The lowest BCUT2D eigenvalue weighted by molar-refractivity contribution is 0.102. The molecule has 0 bridgehead atoms. The second-order valence-electron chi connectivity index (χ2n) is 5.53. The molecular weight excluding hydrogens is 335 g/mol. The first-order valence-corrected chi connectivity index (χ1v) is 8.07. The Kier molecular flexibility index (Phi) is 5.07. The van der Waals surface area contributed by atoms with Crippen molar-refractivity contribution < 1.29 is 14.0 Å². The molecule has 1 aromatic heterocycles. The third-order valence-electron chi connectivity index (χ3n) is 3.67. The Morgan fingerprint density at radius 3 is 2.50 bits per heavy atom. The van der Waals surface area contributed by atoms with Gasteiger partial charge in [-0.05, 0) is 37.3 Å². The average molecular weight is 352 g/mol. The number of anilines is 2. The Hall–Kier alpha value is -3.48. The lowest BCUT2D eigenvalue weighted by Crippen LogP contribution is -2.18. The van der Waals surface area contributed by atoms with E-state index in [1.807, 2.05) is 13.0 Å². The Bertz CT molecular complexity index is 938. The molecule has 0 saturated carbocycles. The van der Waals surface area contributed by atoms with Gasteiger partial charge in [-0.1, -0.05) is 24.3 Å². The van der Waals surface area contributed by atoms with Crippen molar-refractivity contribution in [3.63, 3.8) is 0 Å². The van der Waals surface area contributed by atoms with E-state index in [1.165, 1.54) is 18.2 Å². The zero-order valence-electron chi connectivity index (χ0n) is 14.1. The van der Waals surface area contributed by atoms with E-state index in [2.05, 4.69) is 15.7 Å². The van der Waals surface area contributed by atoms with Crippen molar-refractivity contribution in [2.24, 2.45) is 0 Å². The van der Waals surface area contributed by atoms with Gasteiger partial charge in [-0.15, -0.1) is 0 Å². The third-order valence-corrected chi connectivity index (χ3v) is 3.67. The minimum absolute atomic E-state index is 0.0838. The van der Waals surface area contributed by atoms with Gasteiger partial charge in [0, 0.05) is 24.0 Å². The van der Waals surface area contributed by atoms with Crippen LogP contribution in [0.1, 0.15) is 27.8 Å². The molecule has 1 heterocycles. The van der Waals surface area contributed by atoms with Gasteiger partial charge in [-0.3, -0.25) is 14.3 Å². The maximum Gasteiger partial charge on any atom is 0.278 e. The van der Waals surface area contributed by atoms with E-state index in [4.69, 9.17) is 0 Å². The van der Waals surface area contributed by atoms with Crippen LogP contribution < -0.4 is 10.6 Å². The van der Waals surface area contributed by atoms with Crippen LogP contribution in [0.15, 0.2) is 60.8 Å². The molecule has 2 amide bonds. The van der Waals surface area contributed by atoms with Crippen LogP contribution in [0, 0.1) is 5.82 Å². The minimum atomic E-state index is -0.520. The van der Waals surface area contributed by atoms with Crippen LogP contribution in [-0.4, -0.2) is 21.6 Å². The Morgan fingerprint density at radius 2 is 1.81 bits per heavy atom. The van der Waals surface area contributed by atoms with Crippen molar-refractivity contribution in [3.8, 4) is 0 Å². The molecule has 0 radical (unpaired) electrons. The summed E-state index contributed by atoms with van der Waals surface area (Å²) in [5.41, 5.74) is 1.12. The number of carbonyl (C=O) groups excluding carboxylic acids is 2. The summed E-state index contributed by atoms with van der Waals surface area (Å²) in [5, 5.41) is 9.56. The largest absolute Gasteiger partial charge is 0.321 e. The summed E-state index contributed by atoms with van der Waals surface area (Å²) in [4.78, 5) is 24.9. The first kappa shape index (κ1) is 17.3. The van der Waals surface area contributed by atoms with Gasteiger partial charge in [0.2, 0.25) is 0 Å². The summed E-state index contributed by atoms with van der Waals surface area (Å²) in [7, 11) is 0. The van der Waals surface area contributed by atoms with Crippen LogP contribution in [0.3, 0.4) is 0 Å². The smallest absolute Gasteiger partial charge is 0.278 e. The van der Waals surface area contributed by atoms with Gasteiger partial charge in [0.1, 0.15) is 5.82 Å². The maximum atomic E-state index is 13.3. The number of aromatic nitrogens is 2. The quantitative estimate of drug-likeness (QED) is 0.737. The van der Waals surface area contributed by atoms with Crippen LogP contribution >= 0.6 is 0 Å². The van der Waals surface area contributed by atoms with E-state index >= 15 is 0 Å². The molecule has 0 aliphatic carbocycles. The molecule has 0 atom stereocenters. The minimum Gasteiger partial charge on any atom is -0.321 e. The van der Waals surface area contributed by atoms with E-state index in [0.29, 0.717) is 12.2 Å². The fourth-order valence-electron chi connectivity index (χ4n) is 2.38. The molecule has 0 aliphatic rings. The first-order valence-electron chi connectivity index (χ1n) is 8.07. The molecule has 132 valence electrons. The van der Waals surface area contributed by atoms with E-state index in [1.54, 1.807) is 35.1 Å². The van der Waals surface area contributed by atoms with Crippen molar-refractivity contribution >= 4 is 23.2 Å². The average Bonchev–Trinajstić information content (AvgIpc) is 3.05. The standard InChI is InChI=1S/C19H17FN4O2/c1-2-24-12-16(22-18(25)13-7-6-8-14(20)11-13)17(23-24)19(26)21-15-9-4-3-5-10-15/h3-12H,2H2,1H3,(H,21,26)(H,22,25). The highest BCUT2D eigenvalue weighted by atomic mass is 19.1. The second-order valence-corrected chi connectivity index (χ2v) is 5.53. The van der Waals surface area contributed by atoms with Gasteiger partial charge in [-0.2, -0.15) is 5.10 Å². The molecule has 3 rings (SSSR count). The zero-order chi connectivity index (χ0) is 18.5. The highest BCUT2D eigenvalue weighted by Crippen LogP contribution is 2.18. The van der Waals surface area contributed by atoms with E-state index in [0.717, 1.165) is 6.07 Å². The van der Waals surface area contributed by atoms with Gasteiger partial charge in [0.05, 0.1) is 5.69 Å². The van der Waals surface area contributed by atoms with E-state index in [-0.39, 0.29) is 16.9 Å². The number of aryl methyl sites for hydroxylation is 1. The van der Waals surface area contributed by atoms with Gasteiger partial charge in [-0.25, -0.2) is 4.39 Å². The number of benzene rings is 2. The molecular formula is C19H17FN4O2. The Labute approximate surface area is 149 Å². The molecule has 0 spiro atoms. The highest BCUT2D eigenvalue weighted by molar-refractivity contribution is 6.11. The molecule has 7 heteroatoms. The zero-order valence-corrected chi connectivity index (χ0v) is 14.1. The number of carbonyl (C=O) groups is 2. The predicted molar refractivity (Wildman–Crippen MR) is 96.6 cm³/mol. The number of hydrogen-bond acceptors (Lipinski definition) is 3. The lowest BCUT2D eigenvalue weighted by atomic mass is 10.2. The van der Waals surface area contributed by atoms with Crippen LogP contribution in [0.5, 0.6) is 0 Å². The molecule has 3 aromatic rings. The van der Waals surface area contributed by atoms with Gasteiger partial charge < -0.3 is 10.6 Å². The van der Waals surface area contributed by atoms with Crippen molar-refractivity contribution in [1.82, 2.24) is 9.78 Å². The molecule has 0 saturated heterocycles.